The van der Waals surface area contributed by atoms with Crippen LogP contribution in [0.3, 0.4) is 0 Å². The van der Waals surface area contributed by atoms with Gasteiger partial charge in [0.1, 0.15) is 0 Å². The van der Waals surface area contributed by atoms with Crippen LogP contribution >= 0.6 is 11.3 Å². The maximum Gasteiger partial charge on any atom is 0.416 e. The molecule has 0 saturated heterocycles. The molecule has 35 heavy (non-hydrogen) atoms. The van der Waals surface area contributed by atoms with Crippen molar-refractivity contribution in [2.75, 3.05) is 10.6 Å². The van der Waals surface area contributed by atoms with Gasteiger partial charge in [0.15, 0.2) is 5.69 Å². The maximum absolute atomic E-state index is 13.1. The summed E-state index contributed by atoms with van der Waals surface area (Å²) in [6.45, 7) is 1.50. The molecule has 0 spiro atoms. The molecule has 0 aliphatic heterocycles. The van der Waals surface area contributed by atoms with E-state index in [0.29, 0.717) is 10.6 Å². The fraction of sp³-hybridized carbons (Fsp3) is 0.0833. The summed E-state index contributed by atoms with van der Waals surface area (Å²) >= 11 is 1.28. The van der Waals surface area contributed by atoms with Gasteiger partial charge in [0.2, 0.25) is 5.43 Å². The van der Waals surface area contributed by atoms with Gasteiger partial charge in [0.05, 0.1) is 16.1 Å². The Kier molecular flexibility index (Phi) is 6.52. The third-order valence-corrected chi connectivity index (χ3v) is 5.73. The summed E-state index contributed by atoms with van der Waals surface area (Å²) in [5, 5.41) is 11.0. The van der Waals surface area contributed by atoms with Crippen LogP contribution in [0.5, 0.6) is 0 Å². The smallest absolute Gasteiger partial charge is 0.321 e. The fourth-order valence-electron chi connectivity index (χ4n) is 3.25. The van der Waals surface area contributed by atoms with Gasteiger partial charge in [-0.2, -0.15) is 18.3 Å². The Bertz CT molecular complexity index is 1460. The van der Waals surface area contributed by atoms with Crippen LogP contribution < -0.4 is 16.1 Å². The minimum atomic E-state index is -4.56. The van der Waals surface area contributed by atoms with Gasteiger partial charge in [-0.1, -0.05) is 18.2 Å². The number of aromatic nitrogens is 2. The van der Waals surface area contributed by atoms with E-state index >= 15 is 0 Å². The van der Waals surface area contributed by atoms with Crippen molar-refractivity contribution in [3.8, 4) is 5.69 Å². The van der Waals surface area contributed by atoms with E-state index in [1.807, 2.05) is 0 Å². The number of amides is 2. The number of alkyl halides is 3. The van der Waals surface area contributed by atoms with E-state index in [9.17, 15) is 27.6 Å². The van der Waals surface area contributed by atoms with E-state index in [1.54, 1.807) is 35.7 Å². The Hall–Kier alpha value is -4.25. The molecule has 2 amide bonds. The van der Waals surface area contributed by atoms with Crippen LogP contribution in [0.15, 0.2) is 76.9 Å². The van der Waals surface area contributed by atoms with Crippen LogP contribution in [0.25, 0.3) is 5.69 Å². The molecule has 0 atom stereocenters. The Morgan fingerprint density at radius 1 is 0.914 bits per heavy atom. The number of aryl methyl sites for hydroxylation is 1. The van der Waals surface area contributed by atoms with E-state index in [1.165, 1.54) is 36.5 Å². The molecule has 0 saturated carbocycles. The molecule has 2 aromatic carbocycles. The van der Waals surface area contributed by atoms with Crippen molar-refractivity contribution in [2.24, 2.45) is 0 Å². The third kappa shape index (κ3) is 5.46. The van der Waals surface area contributed by atoms with E-state index in [0.717, 1.165) is 22.9 Å². The van der Waals surface area contributed by atoms with Crippen molar-refractivity contribution in [1.29, 1.82) is 0 Å². The SMILES string of the molecule is Cc1cc(=O)c(C(=O)Nc2cccc(NC(=O)c3cccs3)c2)nn1-c1cccc(C(F)(F)F)c1. The summed E-state index contributed by atoms with van der Waals surface area (Å²) in [6.07, 6.45) is -4.56. The zero-order valence-electron chi connectivity index (χ0n) is 18.1. The minimum Gasteiger partial charge on any atom is -0.321 e. The number of hydrogen-bond acceptors (Lipinski definition) is 5. The summed E-state index contributed by atoms with van der Waals surface area (Å²) in [6, 6.07) is 15.2. The molecular weight excluding hydrogens is 481 g/mol. The highest BCUT2D eigenvalue weighted by molar-refractivity contribution is 7.12. The molecule has 0 aliphatic rings. The van der Waals surface area contributed by atoms with Crippen LogP contribution in [0.4, 0.5) is 24.5 Å². The maximum atomic E-state index is 13.1. The number of anilines is 2. The van der Waals surface area contributed by atoms with Crippen molar-refractivity contribution in [1.82, 2.24) is 9.78 Å². The molecule has 2 N–H and O–H groups in total. The minimum absolute atomic E-state index is 0.0460. The number of thiophene rings is 1. The van der Waals surface area contributed by atoms with Crippen LogP contribution in [0.2, 0.25) is 0 Å². The zero-order chi connectivity index (χ0) is 25.2. The number of rotatable bonds is 5. The first-order valence-corrected chi connectivity index (χ1v) is 11.0. The number of hydrogen-bond donors (Lipinski definition) is 2. The Morgan fingerprint density at radius 3 is 2.26 bits per heavy atom. The van der Waals surface area contributed by atoms with E-state index < -0.39 is 28.8 Å². The summed E-state index contributed by atoms with van der Waals surface area (Å²) in [5.41, 5.74) is -1.08. The highest BCUT2D eigenvalue weighted by Crippen LogP contribution is 2.30. The number of nitrogens with one attached hydrogen (secondary N) is 2. The predicted molar refractivity (Wildman–Crippen MR) is 126 cm³/mol. The molecule has 0 radical (unpaired) electrons. The molecule has 0 bridgehead atoms. The van der Waals surface area contributed by atoms with Crippen LogP contribution in [-0.2, 0) is 6.18 Å². The number of nitrogens with zero attached hydrogens (tertiary/aromatic N) is 2. The monoisotopic (exact) mass is 498 g/mol. The molecule has 4 rings (SSSR count). The average molecular weight is 498 g/mol. The van der Waals surface area contributed by atoms with E-state index in [2.05, 4.69) is 15.7 Å². The Morgan fingerprint density at radius 2 is 1.60 bits per heavy atom. The van der Waals surface area contributed by atoms with Crippen molar-refractivity contribution < 1.29 is 22.8 Å². The molecule has 2 aromatic heterocycles. The second-order valence-corrected chi connectivity index (χ2v) is 8.37. The second-order valence-electron chi connectivity index (χ2n) is 7.42. The van der Waals surface area contributed by atoms with Crippen LogP contribution in [0, 0.1) is 6.92 Å². The Labute approximate surface area is 200 Å². The average Bonchev–Trinajstić information content (AvgIpc) is 3.34. The van der Waals surface area contributed by atoms with Crippen molar-refractivity contribution in [2.45, 2.75) is 13.1 Å². The van der Waals surface area contributed by atoms with Gasteiger partial charge in [0, 0.05) is 23.1 Å². The first-order valence-electron chi connectivity index (χ1n) is 10.2. The largest absolute Gasteiger partial charge is 0.416 e. The predicted octanol–water partition coefficient (Wildman–Crippen LogP) is 5.13. The molecule has 0 aliphatic carbocycles. The van der Waals surface area contributed by atoms with Gasteiger partial charge < -0.3 is 10.6 Å². The quantitative estimate of drug-likeness (QED) is 0.399. The highest BCUT2D eigenvalue weighted by Gasteiger charge is 2.30. The van der Waals surface area contributed by atoms with Crippen LogP contribution in [0.1, 0.15) is 31.4 Å². The molecule has 11 heteroatoms. The fourth-order valence-corrected chi connectivity index (χ4v) is 3.86. The molecule has 2 heterocycles. The van der Waals surface area contributed by atoms with E-state index in [4.69, 9.17) is 0 Å². The molecular formula is C24H17F3N4O3S. The number of benzene rings is 2. The molecule has 0 unspecified atom stereocenters. The zero-order valence-corrected chi connectivity index (χ0v) is 18.9. The topological polar surface area (TPSA) is 93.1 Å². The number of halogens is 3. The third-order valence-electron chi connectivity index (χ3n) is 4.86. The molecule has 0 fully saturated rings. The first kappa shape index (κ1) is 23.9. The molecule has 7 nitrogen and oxygen atoms in total. The van der Waals surface area contributed by atoms with Gasteiger partial charge in [0.25, 0.3) is 11.8 Å². The summed E-state index contributed by atoms with van der Waals surface area (Å²) in [4.78, 5) is 38.0. The second kappa shape index (κ2) is 9.55. The van der Waals surface area contributed by atoms with Crippen molar-refractivity contribution >= 4 is 34.5 Å². The first-order chi connectivity index (χ1) is 16.6. The Balaban J connectivity index is 1.59. The number of carbonyl (C=O) groups is 2. The molecule has 4 aromatic rings. The lowest BCUT2D eigenvalue weighted by molar-refractivity contribution is -0.137. The molecule has 178 valence electrons. The van der Waals surface area contributed by atoms with Gasteiger partial charge in [-0.3, -0.25) is 14.4 Å². The normalized spacial score (nSPS) is 11.2. The lowest BCUT2D eigenvalue weighted by atomic mass is 10.2. The van der Waals surface area contributed by atoms with Gasteiger partial charge >= 0.3 is 6.18 Å². The van der Waals surface area contributed by atoms with Gasteiger partial charge in [-0.15, -0.1) is 11.3 Å². The standard InChI is InChI=1S/C24H17F3N4O3S/c1-14-11-19(32)21(30-31(14)18-8-2-5-15(12-18)24(25,26)27)23(34)29-17-7-3-6-16(13-17)28-22(33)20-9-4-10-35-20/h2-13H,1H3,(H,28,33)(H,29,34). The lowest BCUT2D eigenvalue weighted by Gasteiger charge is -2.14. The summed E-state index contributed by atoms with van der Waals surface area (Å²) < 4.78 is 40.5. The number of carbonyl (C=O) groups excluding carboxylic acids is 2. The van der Waals surface area contributed by atoms with Crippen LogP contribution in [-0.4, -0.2) is 21.6 Å². The van der Waals surface area contributed by atoms with Crippen molar-refractivity contribution in [3.05, 3.63) is 104 Å². The summed E-state index contributed by atoms with van der Waals surface area (Å²) in [7, 11) is 0. The van der Waals surface area contributed by atoms with Crippen molar-refractivity contribution in [3.63, 3.8) is 0 Å². The lowest BCUT2D eigenvalue weighted by Crippen LogP contribution is -2.27. The van der Waals surface area contributed by atoms with Gasteiger partial charge in [-0.05, 0) is 54.8 Å². The highest BCUT2D eigenvalue weighted by atomic mass is 32.1. The van der Waals surface area contributed by atoms with E-state index in [-0.39, 0.29) is 23.0 Å². The summed E-state index contributed by atoms with van der Waals surface area (Å²) in [5.74, 6) is -1.16. The van der Waals surface area contributed by atoms with Gasteiger partial charge in [-0.25, -0.2) is 4.68 Å².